The average Bonchev–Trinajstić information content (AvgIpc) is 2.91. The monoisotopic (exact) mass is 238 g/mol. The smallest absolute Gasteiger partial charge is 0.137 e. The molecule has 1 atom stereocenters. The lowest BCUT2D eigenvalue weighted by molar-refractivity contribution is 0.527. The third-order valence-corrected chi connectivity index (χ3v) is 3.05. The second-order valence-electron chi connectivity index (χ2n) is 4.33. The van der Waals surface area contributed by atoms with Crippen molar-refractivity contribution in [3.8, 4) is 0 Å². The van der Waals surface area contributed by atoms with E-state index in [9.17, 15) is 0 Å². The molecular weight excluding hydrogens is 224 g/mol. The molecule has 0 spiro atoms. The molecule has 0 saturated carbocycles. The topological polar surface area (TPSA) is 56.7 Å². The van der Waals surface area contributed by atoms with Crippen molar-refractivity contribution in [2.75, 3.05) is 0 Å². The molecule has 0 saturated heterocycles. The summed E-state index contributed by atoms with van der Waals surface area (Å²) in [6.45, 7) is 0.637. The van der Waals surface area contributed by atoms with Crippen LogP contribution in [0.15, 0.2) is 55.1 Å². The van der Waals surface area contributed by atoms with Crippen molar-refractivity contribution >= 4 is 10.8 Å². The third-order valence-electron chi connectivity index (χ3n) is 3.05. The van der Waals surface area contributed by atoms with Crippen molar-refractivity contribution in [3.05, 3.63) is 60.7 Å². The number of aromatic nitrogens is 3. The summed E-state index contributed by atoms with van der Waals surface area (Å²) in [5, 5.41) is 6.51. The zero-order chi connectivity index (χ0) is 12.4. The minimum atomic E-state index is -0.0729. The fourth-order valence-electron chi connectivity index (χ4n) is 2.07. The molecule has 18 heavy (non-hydrogen) atoms. The standard InChI is InChI=1S/C14H14N4/c15-14(8-18-10-16-9-17-18)13-6-5-11-3-1-2-4-12(11)7-13/h1-7,9-10,14H,8,15H2. The number of rotatable bonds is 3. The highest BCUT2D eigenvalue weighted by Crippen LogP contribution is 2.19. The van der Waals surface area contributed by atoms with E-state index >= 15 is 0 Å². The zero-order valence-corrected chi connectivity index (χ0v) is 9.90. The minimum absolute atomic E-state index is 0.0729. The molecule has 4 heteroatoms. The van der Waals surface area contributed by atoms with Gasteiger partial charge in [0.25, 0.3) is 0 Å². The molecule has 3 aromatic rings. The van der Waals surface area contributed by atoms with Gasteiger partial charge in [-0.2, -0.15) is 5.10 Å². The van der Waals surface area contributed by atoms with Crippen LogP contribution in [0, 0.1) is 0 Å². The number of nitrogens with zero attached hydrogens (tertiary/aromatic N) is 3. The number of hydrogen-bond acceptors (Lipinski definition) is 3. The SMILES string of the molecule is NC(Cn1cncn1)c1ccc2ccccc2c1. The van der Waals surface area contributed by atoms with Crippen molar-refractivity contribution < 1.29 is 0 Å². The van der Waals surface area contributed by atoms with Gasteiger partial charge in [-0.05, 0) is 22.4 Å². The first kappa shape index (κ1) is 10.9. The quantitative estimate of drug-likeness (QED) is 0.760. The summed E-state index contributed by atoms with van der Waals surface area (Å²) < 4.78 is 1.75. The van der Waals surface area contributed by atoms with E-state index in [4.69, 9.17) is 5.73 Å². The lowest BCUT2D eigenvalue weighted by atomic mass is 10.0. The van der Waals surface area contributed by atoms with Crippen molar-refractivity contribution in [2.45, 2.75) is 12.6 Å². The van der Waals surface area contributed by atoms with Crippen LogP contribution in [0.4, 0.5) is 0 Å². The fraction of sp³-hybridized carbons (Fsp3) is 0.143. The number of benzene rings is 2. The molecule has 3 rings (SSSR count). The summed E-state index contributed by atoms with van der Waals surface area (Å²) in [5.74, 6) is 0. The van der Waals surface area contributed by atoms with Crippen LogP contribution in [0.25, 0.3) is 10.8 Å². The van der Waals surface area contributed by atoms with Crippen LogP contribution in [0.5, 0.6) is 0 Å². The number of nitrogens with two attached hydrogens (primary N) is 1. The van der Waals surface area contributed by atoms with Gasteiger partial charge in [0.15, 0.2) is 0 Å². The first-order valence-corrected chi connectivity index (χ1v) is 5.89. The molecule has 0 aliphatic rings. The zero-order valence-electron chi connectivity index (χ0n) is 9.90. The van der Waals surface area contributed by atoms with E-state index in [1.165, 1.54) is 17.1 Å². The Morgan fingerprint density at radius 1 is 1.11 bits per heavy atom. The van der Waals surface area contributed by atoms with Crippen molar-refractivity contribution in [1.82, 2.24) is 14.8 Å². The summed E-state index contributed by atoms with van der Waals surface area (Å²) in [6.07, 6.45) is 3.20. The van der Waals surface area contributed by atoms with Crippen LogP contribution in [-0.4, -0.2) is 14.8 Å². The highest BCUT2D eigenvalue weighted by molar-refractivity contribution is 5.83. The third kappa shape index (κ3) is 2.10. The van der Waals surface area contributed by atoms with Crippen LogP contribution in [0.1, 0.15) is 11.6 Å². The van der Waals surface area contributed by atoms with Crippen LogP contribution in [0.3, 0.4) is 0 Å². The Labute approximate surface area is 105 Å². The van der Waals surface area contributed by atoms with Crippen LogP contribution >= 0.6 is 0 Å². The summed E-state index contributed by atoms with van der Waals surface area (Å²) in [7, 11) is 0. The van der Waals surface area contributed by atoms with Gasteiger partial charge in [0.1, 0.15) is 12.7 Å². The van der Waals surface area contributed by atoms with Gasteiger partial charge in [-0.3, -0.25) is 4.68 Å². The summed E-state index contributed by atoms with van der Waals surface area (Å²) >= 11 is 0. The largest absolute Gasteiger partial charge is 0.322 e. The van der Waals surface area contributed by atoms with Gasteiger partial charge < -0.3 is 5.73 Å². The van der Waals surface area contributed by atoms with Crippen LogP contribution < -0.4 is 5.73 Å². The Hall–Kier alpha value is -2.20. The van der Waals surface area contributed by atoms with E-state index < -0.39 is 0 Å². The second kappa shape index (κ2) is 4.58. The van der Waals surface area contributed by atoms with Crippen molar-refractivity contribution in [2.24, 2.45) is 5.73 Å². The highest BCUT2D eigenvalue weighted by atomic mass is 15.3. The Morgan fingerprint density at radius 2 is 1.94 bits per heavy atom. The summed E-state index contributed by atoms with van der Waals surface area (Å²) in [5.41, 5.74) is 7.30. The van der Waals surface area contributed by atoms with E-state index in [0.29, 0.717) is 6.54 Å². The Kier molecular flexibility index (Phi) is 2.78. The lowest BCUT2D eigenvalue weighted by Crippen LogP contribution is -2.17. The molecule has 2 N–H and O–H groups in total. The predicted octanol–water partition coefficient (Wildman–Crippen LogP) is 2.13. The van der Waals surface area contributed by atoms with Gasteiger partial charge in [-0.15, -0.1) is 0 Å². The maximum atomic E-state index is 6.19. The maximum absolute atomic E-state index is 6.19. The van der Waals surface area contributed by atoms with Gasteiger partial charge in [-0.25, -0.2) is 4.98 Å². The van der Waals surface area contributed by atoms with Gasteiger partial charge in [0.05, 0.1) is 6.54 Å². The van der Waals surface area contributed by atoms with Gasteiger partial charge in [-0.1, -0.05) is 36.4 Å². The normalized spacial score (nSPS) is 12.7. The Bertz CT molecular complexity index is 646. The molecular formula is C14H14N4. The Morgan fingerprint density at radius 3 is 2.72 bits per heavy atom. The van der Waals surface area contributed by atoms with E-state index in [1.54, 1.807) is 11.0 Å². The maximum Gasteiger partial charge on any atom is 0.137 e. The number of hydrogen-bond donors (Lipinski definition) is 1. The first-order chi connectivity index (χ1) is 8.83. The molecule has 1 heterocycles. The lowest BCUT2D eigenvalue weighted by Gasteiger charge is -2.12. The molecule has 0 bridgehead atoms. The molecule has 0 aliphatic heterocycles. The minimum Gasteiger partial charge on any atom is -0.322 e. The van der Waals surface area contributed by atoms with Crippen LogP contribution in [0.2, 0.25) is 0 Å². The van der Waals surface area contributed by atoms with Crippen molar-refractivity contribution in [1.29, 1.82) is 0 Å². The first-order valence-electron chi connectivity index (χ1n) is 5.89. The van der Waals surface area contributed by atoms with Crippen molar-refractivity contribution in [3.63, 3.8) is 0 Å². The molecule has 0 aliphatic carbocycles. The summed E-state index contributed by atoms with van der Waals surface area (Å²) in [4.78, 5) is 3.92. The second-order valence-corrected chi connectivity index (χ2v) is 4.33. The molecule has 1 unspecified atom stereocenters. The van der Waals surface area contributed by atoms with E-state index in [0.717, 1.165) is 5.56 Å². The highest BCUT2D eigenvalue weighted by Gasteiger charge is 2.07. The molecule has 90 valence electrons. The molecule has 1 aromatic heterocycles. The summed E-state index contributed by atoms with van der Waals surface area (Å²) in [6, 6.07) is 14.5. The average molecular weight is 238 g/mol. The molecule has 0 amide bonds. The molecule has 0 fully saturated rings. The van der Waals surface area contributed by atoms with Gasteiger partial charge in [0, 0.05) is 6.04 Å². The fourth-order valence-corrected chi connectivity index (χ4v) is 2.07. The molecule has 2 aromatic carbocycles. The van der Waals surface area contributed by atoms with Crippen LogP contribution in [-0.2, 0) is 6.54 Å². The molecule has 4 nitrogen and oxygen atoms in total. The van der Waals surface area contributed by atoms with E-state index in [2.05, 4.69) is 40.4 Å². The van der Waals surface area contributed by atoms with Gasteiger partial charge >= 0.3 is 0 Å². The van der Waals surface area contributed by atoms with E-state index in [1.807, 2.05) is 12.1 Å². The van der Waals surface area contributed by atoms with Gasteiger partial charge in [0.2, 0.25) is 0 Å². The predicted molar refractivity (Wildman–Crippen MR) is 70.9 cm³/mol. The van der Waals surface area contributed by atoms with E-state index in [-0.39, 0.29) is 6.04 Å². The Balaban J connectivity index is 1.89. The number of fused-ring (bicyclic) bond motifs is 1. The molecule has 0 radical (unpaired) electrons.